The molecule has 0 aliphatic heterocycles. The molecule has 1 aromatic heterocycles. The molecule has 2 rings (SSSR count). The van der Waals surface area contributed by atoms with Crippen LogP contribution in [0.2, 0.25) is 5.02 Å². The molecule has 0 bridgehead atoms. The second kappa shape index (κ2) is 4.98. The van der Waals surface area contributed by atoms with Gasteiger partial charge in [0.2, 0.25) is 0 Å². The summed E-state index contributed by atoms with van der Waals surface area (Å²) in [7, 11) is 5.65. The number of hydrogen-bond donors (Lipinski definition) is 0. The van der Waals surface area contributed by atoms with Crippen molar-refractivity contribution in [3.05, 3.63) is 34.7 Å². The van der Waals surface area contributed by atoms with Crippen molar-refractivity contribution in [2.24, 2.45) is 0 Å². The van der Waals surface area contributed by atoms with Crippen molar-refractivity contribution in [3.63, 3.8) is 0 Å². The summed E-state index contributed by atoms with van der Waals surface area (Å²) in [6, 6.07) is 7.93. The first kappa shape index (κ1) is 12.3. The van der Waals surface area contributed by atoms with Gasteiger partial charge in [0.05, 0.1) is 12.1 Å². The second-order valence-electron chi connectivity index (χ2n) is 3.89. The first-order chi connectivity index (χ1) is 8.13. The largest absolute Gasteiger partial charge is 0.497 e. The first-order valence-electron chi connectivity index (χ1n) is 5.22. The molecule has 0 N–H and O–H groups in total. The van der Waals surface area contributed by atoms with E-state index in [1.165, 1.54) is 0 Å². The van der Waals surface area contributed by atoms with Crippen molar-refractivity contribution in [1.82, 2.24) is 0 Å². The SMILES string of the molecule is COc1ccc(-c2csc(N(C)C)c2Cl)cc1. The maximum absolute atomic E-state index is 6.37. The Morgan fingerprint density at radius 2 is 1.82 bits per heavy atom. The average Bonchev–Trinajstić information content (AvgIpc) is 2.71. The van der Waals surface area contributed by atoms with Crippen LogP contribution in [0.15, 0.2) is 29.6 Å². The van der Waals surface area contributed by atoms with Crippen LogP contribution in [0.25, 0.3) is 11.1 Å². The highest BCUT2D eigenvalue weighted by molar-refractivity contribution is 7.15. The Bertz CT molecular complexity index is 505. The number of methoxy groups -OCH3 is 1. The van der Waals surface area contributed by atoms with Crippen LogP contribution in [0.3, 0.4) is 0 Å². The number of ether oxygens (including phenoxy) is 1. The van der Waals surface area contributed by atoms with E-state index in [9.17, 15) is 0 Å². The van der Waals surface area contributed by atoms with Gasteiger partial charge in [0, 0.05) is 25.0 Å². The van der Waals surface area contributed by atoms with Crippen molar-refractivity contribution < 1.29 is 4.74 Å². The fraction of sp³-hybridized carbons (Fsp3) is 0.231. The number of halogens is 1. The van der Waals surface area contributed by atoms with E-state index in [1.807, 2.05) is 43.3 Å². The molecule has 0 aliphatic rings. The number of benzene rings is 1. The average molecular weight is 268 g/mol. The normalized spacial score (nSPS) is 10.4. The quantitative estimate of drug-likeness (QED) is 0.829. The highest BCUT2D eigenvalue weighted by atomic mass is 35.5. The lowest BCUT2D eigenvalue weighted by Gasteiger charge is -2.10. The van der Waals surface area contributed by atoms with Crippen molar-refractivity contribution in [2.45, 2.75) is 0 Å². The van der Waals surface area contributed by atoms with Crippen LogP contribution in [0, 0.1) is 0 Å². The van der Waals surface area contributed by atoms with E-state index in [0.717, 1.165) is 26.9 Å². The highest BCUT2D eigenvalue weighted by Gasteiger charge is 2.12. The molecule has 0 radical (unpaired) electrons. The molecule has 0 fully saturated rings. The van der Waals surface area contributed by atoms with Gasteiger partial charge in [0.25, 0.3) is 0 Å². The van der Waals surface area contributed by atoms with E-state index in [4.69, 9.17) is 16.3 Å². The maximum atomic E-state index is 6.37. The molecule has 0 atom stereocenters. The topological polar surface area (TPSA) is 12.5 Å². The van der Waals surface area contributed by atoms with Gasteiger partial charge < -0.3 is 9.64 Å². The van der Waals surface area contributed by atoms with Crippen LogP contribution in [0.5, 0.6) is 5.75 Å². The van der Waals surface area contributed by atoms with E-state index in [0.29, 0.717) is 0 Å². The van der Waals surface area contributed by atoms with Gasteiger partial charge in [-0.05, 0) is 17.7 Å². The van der Waals surface area contributed by atoms with Crippen LogP contribution in [-0.2, 0) is 0 Å². The standard InChI is InChI=1S/C13H14ClNOS/c1-15(2)13-12(14)11(8-17-13)9-4-6-10(16-3)7-5-9/h4-8H,1-3H3. The van der Waals surface area contributed by atoms with Crippen molar-refractivity contribution >= 4 is 27.9 Å². The van der Waals surface area contributed by atoms with E-state index in [1.54, 1.807) is 18.4 Å². The van der Waals surface area contributed by atoms with E-state index in [-0.39, 0.29) is 0 Å². The van der Waals surface area contributed by atoms with Gasteiger partial charge in [-0.1, -0.05) is 23.7 Å². The lowest BCUT2D eigenvalue weighted by atomic mass is 10.1. The minimum absolute atomic E-state index is 0.810. The Morgan fingerprint density at radius 1 is 1.18 bits per heavy atom. The second-order valence-corrected chi connectivity index (χ2v) is 5.13. The number of thiophene rings is 1. The third kappa shape index (κ3) is 2.40. The molecular weight excluding hydrogens is 254 g/mol. The van der Waals surface area contributed by atoms with Gasteiger partial charge in [-0.25, -0.2) is 0 Å². The molecular formula is C13H14ClNOS. The minimum Gasteiger partial charge on any atom is -0.497 e. The van der Waals surface area contributed by atoms with E-state index < -0.39 is 0 Å². The predicted octanol–water partition coefficient (Wildman–Crippen LogP) is 4.14. The van der Waals surface area contributed by atoms with E-state index >= 15 is 0 Å². The summed E-state index contributed by atoms with van der Waals surface area (Å²) in [5.74, 6) is 0.855. The zero-order valence-electron chi connectivity index (χ0n) is 10.0. The maximum Gasteiger partial charge on any atom is 0.118 e. The summed E-state index contributed by atoms with van der Waals surface area (Å²) in [6.45, 7) is 0. The highest BCUT2D eigenvalue weighted by Crippen LogP contribution is 2.41. The van der Waals surface area contributed by atoms with Gasteiger partial charge in [0.1, 0.15) is 10.8 Å². The molecule has 0 aliphatic carbocycles. The molecule has 90 valence electrons. The number of hydrogen-bond acceptors (Lipinski definition) is 3. The molecule has 0 spiro atoms. The molecule has 17 heavy (non-hydrogen) atoms. The smallest absolute Gasteiger partial charge is 0.118 e. The lowest BCUT2D eigenvalue weighted by molar-refractivity contribution is 0.415. The zero-order chi connectivity index (χ0) is 12.4. The van der Waals surface area contributed by atoms with Crippen molar-refractivity contribution in [2.75, 3.05) is 26.1 Å². The van der Waals surface area contributed by atoms with E-state index in [2.05, 4.69) is 5.38 Å². The van der Waals surface area contributed by atoms with Gasteiger partial charge >= 0.3 is 0 Å². The lowest BCUT2D eigenvalue weighted by Crippen LogP contribution is -2.06. The van der Waals surface area contributed by atoms with Gasteiger partial charge in [-0.2, -0.15) is 0 Å². The van der Waals surface area contributed by atoms with Gasteiger partial charge in [0.15, 0.2) is 0 Å². The fourth-order valence-corrected chi connectivity index (χ4v) is 3.04. The minimum atomic E-state index is 0.810. The molecule has 0 unspecified atom stereocenters. The molecule has 0 amide bonds. The van der Waals surface area contributed by atoms with Crippen LogP contribution in [-0.4, -0.2) is 21.2 Å². The summed E-state index contributed by atoms with van der Waals surface area (Å²) in [4.78, 5) is 2.03. The summed E-state index contributed by atoms with van der Waals surface area (Å²) < 4.78 is 5.14. The summed E-state index contributed by atoms with van der Waals surface area (Å²) in [6.07, 6.45) is 0. The summed E-state index contributed by atoms with van der Waals surface area (Å²) in [5.41, 5.74) is 2.18. The third-order valence-electron chi connectivity index (χ3n) is 2.52. The van der Waals surface area contributed by atoms with Crippen molar-refractivity contribution in [3.8, 4) is 16.9 Å². The molecule has 1 heterocycles. The van der Waals surface area contributed by atoms with Gasteiger partial charge in [-0.15, -0.1) is 11.3 Å². The molecule has 0 saturated heterocycles. The monoisotopic (exact) mass is 267 g/mol. The fourth-order valence-electron chi connectivity index (χ4n) is 1.60. The molecule has 2 aromatic rings. The Labute approximate surface area is 110 Å². The van der Waals surface area contributed by atoms with Gasteiger partial charge in [-0.3, -0.25) is 0 Å². The predicted molar refractivity (Wildman–Crippen MR) is 75.6 cm³/mol. The zero-order valence-corrected chi connectivity index (χ0v) is 11.6. The van der Waals surface area contributed by atoms with Crippen molar-refractivity contribution in [1.29, 1.82) is 0 Å². The van der Waals surface area contributed by atoms with Crippen LogP contribution < -0.4 is 9.64 Å². The van der Waals surface area contributed by atoms with Crippen LogP contribution in [0.4, 0.5) is 5.00 Å². The molecule has 2 nitrogen and oxygen atoms in total. The number of nitrogens with zero attached hydrogens (tertiary/aromatic N) is 1. The molecule has 1 aromatic carbocycles. The summed E-state index contributed by atoms with van der Waals surface area (Å²) in [5, 5.41) is 3.97. The Hall–Kier alpha value is -1.19. The number of rotatable bonds is 3. The van der Waals surface area contributed by atoms with Crippen LogP contribution in [0.1, 0.15) is 0 Å². The third-order valence-corrected chi connectivity index (χ3v) is 4.16. The Balaban J connectivity index is 2.39. The van der Waals surface area contributed by atoms with Crippen LogP contribution >= 0.6 is 22.9 Å². The summed E-state index contributed by atoms with van der Waals surface area (Å²) >= 11 is 8.02. The molecule has 4 heteroatoms. The Morgan fingerprint density at radius 3 is 2.29 bits per heavy atom. The number of anilines is 1. The Kier molecular flexibility index (Phi) is 3.60. The molecule has 0 saturated carbocycles. The first-order valence-corrected chi connectivity index (χ1v) is 6.48.